The molecular weight excluding hydrogens is 148 g/mol. The Labute approximate surface area is 73.5 Å². The molecule has 0 amide bonds. The number of rotatable bonds is 0. The maximum absolute atomic E-state index is 11.8. The molecule has 0 saturated heterocycles. The van der Waals surface area contributed by atoms with Crippen molar-refractivity contribution in [3.8, 4) is 0 Å². The summed E-state index contributed by atoms with van der Waals surface area (Å²) in [7, 11) is 0. The summed E-state index contributed by atoms with van der Waals surface area (Å²) in [5, 5.41) is 0. The third-order valence-electron chi connectivity index (χ3n) is 4.52. The van der Waals surface area contributed by atoms with Crippen molar-refractivity contribution in [1.29, 1.82) is 0 Å². The molecule has 0 radical (unpaired) electrons. The van der Waals surface area contributed by atoms with Gasteiger partial charge in [-0.05, 0) is 43.4 Å². The first-order valence-electron chi connectivity index (χ1n) is 5.18. The maximum atomic E-state index is 11.8. The van der Waals surface area contributed by atoms with Crippen molar-refractivity contribution in [3.63, 3.8) is 0 Å². The SMILES string of the molecule is CC12CC3CCCC(=O)C3(C1)C2. The fourth-order valence-corrected chi connectivity index (χ4v) is 4.26. The van der Waals surface area contributed by atoms with Crippen molar-refractivity contribution in [2.75, 3.05) is 0 Å². The van der Waals surface area contributed by atoms with E-state index in [1.165, 1.54) is 32.1 Å². The van der Waals surface area contributed by atoms with Crippen molar-refractivity contribution in [2.24, 2.45) is 16.7 Å². The molecule has 4 rings (SSSR count). The summed E-state index contributed by atoms with van der Waals surface area (Å²) < 4.78 is 0. The maximum Gasteiger partial charge on any atom is 0.139 e. The topological polar surface area (TPSA) is 17.1 Å². The van der Waals surface area contributed by atoms with Crippen molar-refractivity contribution in [3.05, 3.63) is 0 Å². The van der Waals surface area contributed by atoms with Gasteiger partial charge in [-0.1, -0.05) is 6.92 Å². The third-order valence-corrected chi connectivity index (χ3v) is 4.52. The van der Waals surface area contributed by atoms with E-state index in [1.54, 1.807) is 0 Å². The highest BCUT2D eigenvalue weighted by atomic mass is 16.1. The van der Waals surface area contributed by atoms with Gasteiger partial charge in [0, 0.05) is 11.8 Å². The van der Waals surface area contributed by atoms with Gasteiger partial charge in [0.2, 0.25) is 0 Å². The first kappa shape index (κ1) is 7.11. The monoisotopic (exact) mass is 164 g/mol. The number of carbonyl (C=O) groups excluding carboxylic acids is 1. The van der Waals surface area contributed by atoms with Gasteiger partial charge < -0.3 is 0 Å². The minimum Gasteiger partial charge on any atom is -0.299 e. The van der Waals surface area contributed by atoms with Crippen molar-refractivity contribution >= 4 is 5.78 Å². The lowest BCUT2D eigenvalue weighted by Gasteiger charge is -2.47. The molecule has 4 saturated carbocycles. The molecule has 1 atom stereocenters. The number of hydrogen-bond acceptors (Lipinski definition) is 1. The highest BCUT2D eigenvalue weighted by Gasteiger charge is 2.67. The summed E-state index contributed by atoms with van der Waals surface area (Å²) in [4.78, 5) is 11.8. The van der Waals surface area contributed by atoms with Crippen LogP contribution in [-0.2, 0) is 4.79 Å². The second-order valence-electron chi connectivity index (χ2n) is 5.54. The highest BCUT2D eigenvalue weighted by Crippen LogP contribution is 2.72. The molecule has 0 aliphatic heterocycles. The van der Waals surface area contributed by atoms with E-state index in [2.05, 4.69) is 6.92 Å². The van der Waals surface area contributed by atoms with Crippen LogP contribution in [0.4, 0.5) is 0 Å². The molecular formula is C11H16O. The van der Waals surface area contributed by atoms with Crippen LogP contribution in [0.5, 0.6) is 0 Å². The van der Waals surface area contributed by atoms with Gasteiger partial charge in [0.25, 0.3) is 0 Å². The van der Waals surface area contributed by atoms with Crippen LogP contribution in [0.1, 0.15) is 45.4 Å². The highest BCUT2D eigenvalue weighted by molar-refractivity contribution is 5.88. The fraction of sp³-hybridized carbons (Fsp3) is 0.909. The molecule has 0 N–H and O–H groups in total. The van der Waals surface area contributed by atoms with Gasteiger partial charge in [0.1, 0.15) is 5.78 Å². The van der Waals surface area contributed by atoms with Gasteiger partial charge in [-0.3, -0.25) is 4.79 Å². The number of hydrogen-bond donors (Lipinski definition) is 0. The van der Waals surface area contributed by atoms with Crippen LogP contribution < -0.4 is 0 Å². The van der Waals surface area contributed by atoms with Gasteiger partial charge in [0.05, 0.1) is 0 Å². The predicted octanol–water partition coefficient (Wildman–Crippen LogP) is 2.55. The molecule has 4 aliphatic rings. The van der Waals surface area contributed by atoms with E-state index in [4.69, 9.17) is 0 Å². The molecule has 12 heavy (non-hydrogen) atoms. The largest absolute Gasteiger partial charge is 0.299 e. The number of ketones is 1. The summed E-state index contributed by atoms with van der Waals surface area (Å²) in [5.74, 6) is 1.39. The van der Waals surface area contributed by atoms with E-state index in [9.17, 15) is 4.79 Å². The second kappa shape index (κ2) is 1.78. The third kappa shape index (κ3) is 0.605. The van der Waals surface area contributed by atoms with Gasteiger partial charge in [-0.2, -0.15) is 0 Å². The van der Waals surface area contributed by atoms with Gasteiger partial charge in [-0.15, -0.1) is 0 Å². The fourth-order valence-electron chi connectivity index (χ4n) is 4.26. The minimum absolute atomic E-state index is 0.215. The van der Waals surface area contributed by atoms with Gasteiger partial charge >= 0.3 is 0 Å². The zero-order valence-corrected chi connectivity index (χ0v) is 7.73. The van der Waals surface area contributed by atoms with Crippen LogP contribution in [0.15, 0.2) is 0 Å². The molecule has 0 aromatic rings. The molecule has 0 aromatic carbocycles. The van der Waals surface area contributed by atoms with Crippen molar-refractivity contribution in [1.82, 2.24) is 0 Å². The minimum atomic E-state index is 0.215. The molecule has 2 bridgehead atoms. The summed E-state index contributed by atoms with van der Waals surface area (Å²) >= 11 is 0. The van der Waals surface area contributed by atoms with E-state index in [0.717, 1.165) is 12.3 Å². The molecule has 0 aromatic heterocycles. The van der Waals surface area contributed by atoms with Gasteiger partial charge in [-0.25, -0.2) is 0 Å². The normalized spacial score (nSPS) is 56.4. The Kier molecular flexibility index (Phi) is 1.06. The van der Waals surface area contributed by atoms with E-state index >= 15 is 0 Å². The predicted molar refractivity (Wildman–Crippen MR) is 46.7 cm³/mol. The van der Waals surface area contributed by atoms with Crippen LogP contribution in [0.25, 0.3) is 0 Å². The van der Waals surface area contributed by atoms with E-state index in [0.29, 0.717) is 11.2 Å². The van der Waals surface area contributed by atoms with Gasteiger partial charge in [0.15, 0.2) is 0 Å². The van der Waals surface area contributed by atoms with Crippen molar-refractivity contribution in [2.45, 2.75) is 45.4 Å². The first-order valence-corrected chi connectivity index (χ1v) is 5.18. The molecule has 0 heterocycles. The zero-order valence-electron chi connectivity index (χ0n) is 7.73. The smallest absolute Gasteiger partial charge is 0.139 e. The Balaban J connectivity index is 1.98. The summed E-state index contributed by atoms with van der Waals surface area (Å²) in [5.41, 5.74) is 0.789. The van der Waals surface area contributed by atoms with Crippen LogP contribution in [0, 0.1) is 16.7 Å². The Morgan fingerprint density at radius 3 is 2.83 bits per heavy atom. The molecule has 1 unspecified atom stereocenters. The Morgan fingerprint density at radius 1 is 1.42 bits per heavy atom. The van der Waals surface area contributed by atoms with E-state index in [-0.39, 0.29) is 5.41 Å². The first-order chi connectivity index (χ1) is 5.65. The Morgan fingerprint density at radius 2 is 2.17 bits per heavy atom. The summed E-state index contributed by atoms with van der Waals surface area (Å²) in [6, 6.07) is 0. The van der Waals surface area contributed by atoms with Crippen LogP contribution in [0.2, 0.25) is 0 Å². The van der Waals surface area contributed by atoms with E-state index in [1.807, 2.05) is 0 Å². The lowest BCUT2D eigenvalue weighted by molar-refractivity contribution is -0.140. The Hall–Kier alpha value is -0.330. The average molecular weight is 164 g/mol. The zero-order chi connectivity index (χ0) is 8.40. The second-order valence-corrected chi connectivity index (χ2v) is 5.54. The molecule has 1 heteroatoms. The van der Waals surface area contributed by atoms with Crippen LogP contribution >= 0.6 is 0 Å². The number of carbonyl (C=O) groups is 1. The standard InChI is InChI=1S/C11H16O/c1-10-5-8-3-2-4-9(12)11(8,6-10)7-10/h8H,2-7H2,1H3. The molecule has 66 valence electrons. The number of Topliss-reactive ketones (excluding diaryl/α,β-unsaturated/α-hetero) is 1. The average Bonchev–Trinajstić information content (AvgIpc) is 2.37. The molecule has 1 nitrogen and oxygen atoms in total. The summed E-state index contributed by atoms with van der Waals surface area (Å²) in [6.45, 7) is 2.36. The molecule has 4 aliphatic carbocycles. The summed E-state index contributed by atoms with van der Waals surface area (Å²) in [6.07, 6.45) is 7.18. The Bertz CT molecular complexity index is 248. The lowest BCUT2D eigenvalue weighted by Crippen LogP contribution is -2.45. The molecule has 4 fully saturated rings. The van der Waals surface area contributed by atoms with Crippen LogP contribution in [0.3, 0.4) is 0 Å². The lowest BCUT2D eigenvalue weighted by atomic mass is 9.55. The van der Waals surface area contributed by atoms with E-state index < -0.39 is 0 Å². The van der Waals surface area contributed by atoms with Crippen molar-refractivity contribution < 1.29 is 4.79 Å². The quantitative estimate of drug-likeness (QED) is 0.537. The molecule has 1 spiro atoms. The van der Waals surface area contributed by atoms with Crippen LogP contribution in [-0.4, -0.2) is 5.78 Å².